The maximum absolute atomic E-state index is 11.1. The minimum absolute atomic E-state index is 0.00622. The van der Waals surface area contributed by atoms with Gasteiger partial charge < -0.3 is 4.98 Å². The number of allylic oxidation sites excluding steroid dienone is 1. The van der Waals surface area contributed by atoms with Crippen LogP contribution in [0, 0.1) is 10.1 Å². The molecule has 0 amide bonds. The third-order valence-corrected chi connectivity index (χ3v) is 2.75. The van der Waals surface area contributed by atoms with E-state index < -0.39 is 4.92 Å². The number of hydrogen-bond donors (Lipinski definition) is 1. The molecule has 2 aromatic rings. The number of aromatic amines is 1. The van der Waals surface area contributed by atoms with E-state index in [-0.39, 0.29) is 17.4 Å². The van der Waals surface area contributed by atoms with E-state index >= 15 is 0 Å². The number of halogens is 1. The molecule has 0 bridgehead atoms. The van der Waals surface area contributed by atoms with Gasteiger partial charge in [-0.1, -0.05) is 6.07 Å². The molecule has 0 fully saturated rings. The van der Waals surface area contributed by atoms with Gasteiger partial charge in [-0.3, -0.25) is 14.9 Å². The number of non-ortho nitro benzene ring substituents is 1. The Labute approximate surface area is 107 Å². The second-order valence-corrected chi connectivity index (χ2v) is 3.90. The van der Waals surface area contributed by atoms with Crippen molar-refractivity contribution < 1.29 is 9.72 Å². The third kappa shape index (κ3) is 2.26. The number of hydrogen-bond acceptors (Lipinski definition) is 3. The van der Waals surface area contributed by atoms with E-state index in [4.69, 9.17) is 11.6 Å². The van der Waals surface area contributed by atoms with Crippen LogP contribution in [-0.2, 0) is 4.79 Å². The van der Waals surface area contributed by atoms with Crippen molar-refractivity contribution in [2.75, 3.05) is 5.88 Å². The fourth-order valence-corrected chi connectivity index (χ4v) is 1.79. The van der Waals surface area contributed by atoms with Crippen LogP contribution in [0.3, 0.4) is 0 Å². The average molecular weight is 265 g/mol. The third-order valence-electron chi connectivity index (χ3n) is 2.49. The highest BCUT2D eigenvalue weighted by molar-refractivity contribution is 6.29. The van der Waals surface area contributed by atoms with Crippen molar-refractivity contribution in [3.05, 3.63) is 46.1 Å². The quantitative estimate of drug-likeness (QED) is 0.399. The minimum Gasteiger partial charge on any atom is -0.360 e. The SMILES string of the molecule is O=C(C=Cc1c[nH]c2cccc([N+](=O)[O-])c12)CCl. The Kier molecular flexibility index (Phi) is 3.43. The highest BCUT2D eigenvalue weighted by Crippen LogP contribution is 2.29. The number of nitro groups is 1. The molecular formula is C12H9ClN2O3. The molecule has 2 rings (SSSR count). The van der Waals surface area contributed by atoms with Crippen molar-refractivity contribution in [1.82, 2.24) is 4.98 Å². The standard InChI is InChI=1S/C12H9ClN2O3/c13-6-9(16)5-4-8-7-14-10-2-1-3-11(12(8)10)15(17)18/h1-5,7,14H,6H2. The molecular weight excluding hydrogens is 256 g/mol. The van der Waals surface area contributed by atoms with Crippen LogP contribution in [0.2, 0.25) is 0 Å². The predicted molar refractivity (Wildman–Crippen MR) is 69.7 cm³/mol. The van der Waals surface area contributed by atoms with Crippen LogP contribution in [0.15, 0.2) is 30.5 Å². The maximum atomic E-state index is 11.1. The lowest BCUT2D eigenvalue weighted by atomic mass is 10.1. The highest BCUT2D eigenvalue weighted by atomic mass is 35.5. The Morgan fingerprint density at radius 3 is 2.94 bits per heavy atom. The highest BCUT2D eigenvalue weighted by Gasteiger charge is 2.15. The van der Waals surface area contributed by atoms with Crippen LogP contribution < -0.4 is 0 Å². The van der Waals surface area contributed by atoms with Gasteiger partial charge in [-0.15, -0.1) is 11.6 Å². The van der Waals surface area contributed by atoms with Gasteiger partial charge in [0.2, 0.25) is 0 Å². The summed E-state index contributed by atoms with van der Waals surface area (Å²) in [7, 11) is 0. The number of carbonyl (C=O) groups is 1. The molecule has 6 heteroatoms. The summed E-state index contributed by atoms with van der Waals surface area (Å²) in [6, 6.07) is 4.77. The number of carbonyl (C=O) groups excluding carboxylic acids is 1. The number of aromatic nitrogens is 1. The van der Waals surface area contributed by atoms with E-state index in [1.54, 1.807) is 18.3 Å². The Balaban J connectivity index is 2.55. The minimum atomic E-state index is -0.448. The van der Waals surface area contributed by atoms with Gasteiger partial charge >= 0.3 is 0 Å². The van der Waals surface area contributed by atoms with E-state index in [0.717, 1.165) is 0 Å². The zero-order valence-electron chi connectivity index (χ0n) is 9.22. The molecule has 5 nitrogen and oxygen atoms in total. The van der Waals surface area contributed by atoms with Crippen molar-refractivity contribution in [2.45, 2.75) is 0 Å². The zero-order chi connectivity index (χ0) is 13.1. The molecule has 18 heavy (non-hydrogen) atoms. The van der Waals surface area contributed by atoms with E-state index in [1.807, 2.05) is 0 Å². The van der Waals surface area contributed by atoms with Crippen molar-refractivity contribution in [2.24, 2.45) is 0 Å². The van der Waals surface area contributed by atoms with Crippen LogP contribution in [0.5, 0.6) is 0 Å². The Morgan fingerprint density at radius 1 is 1.50 bits per heavy atom. The van der Waals surface area contributed by atoms with E-state index in [1.165, 1.54) is 18.2 Å². The summed E-state index contributed by atoms with van der Waals surface area (Å²) < 4.78 is 0. The first-order chi connectivity index (χ1) is 8.63. The number of fused-ring (bicyclic) bond motifs is 1. The summed E-state index contributed by atoms with van der Waals surface area (Å²) in [4.78, 5) is 24.5. The maximum Gasteiger partial charge on any atom is 0.279 e. The number of H-pyrrole nitrogens is 1. The molecule has 1 heterocycles. The first kappa shape index (κ1) is 12.3. The van der Waals surface area contributed by atoms with E-state index in [0.29, 0.717) is 16.5 Å². The molecule has 0 radical (unpaired) electrons. The number of ketones is 1. The van der Waals surface area contributed by atoms with Crippen LogP contribution in [0.25, 0.3) is 17.0 Å². The summed E-state index contributed by atoms with van der Waals surface area (Å²) in [5.74, 6) is -0.356. The second-order valence-electron chi connectivity index (χ2n) is 3.63. The van der Waals surface area contributed by atoms with Gasteiger partial charge in [0.25, 0.3) is 5.69 Å². The molecule has 1 aromatic carbocycles. The Hall–Kier alpha value is -2.14. The number of nitrogens with zero attached hydrogens (tertiary/aromatic N) is 1. The molecule has 0 aliphatic carbocycles. The molecule has 0 atom stereocenters. The average Bonchev–Trinajstić information content (AvgIpc) is 2.78. The lowest BCUT2D eigenvalue weighted by Gasteiger charge is -1.95. The molecule has 1 N–H and O–H groups in total. The monoisotopic (exact) mass is 264 g/mol. The van der Waals surface area contributed by atoms with Gasteiger partial charge in [0.05, 0.1) is 21.7 Å². The summed E-state index contributed by atoms with van der Waals surface area (Å²) >= 11 is 5.38. The van der Waals surface area contributed by atoms with Crippen molar-refractivity contribution in [1.29, 1.82) is 0 Å². The molecule has 0 aliphatic rings. The van der Waals surface area contributed by atoms with Gasteiger partial charge in [-0.05, 0) is 18.2 Å². The van der Waals surface area contributed by atoms with E-state index in [2.05, 4.69) is 4.98 Å². The fourth-order valence-electron chi connectivity index (χ4n) is 1.70. The van der Waals surface area contributed by atoms with Gasteiger partial charge in [0, 0.05) is 17.8 Å². The zero-order valence-corrected chi connectivity index (χ0v) is 9.98. The summed E-state index contributed by atoms with van der Waals surface area (Å²) in [5, 5.41) is 11.4. The predicted octanol–water partition coefficient (Wildman–Crippen LogP) is 2.90. The normalized spacial score (nSPS) is 11.2. The molecule has 0 saturated carbocycles. The van der Waals surface area contributed by atoms with Gasteiger partial charge in [0.1, 0.15) is 0 Å². The van der Waals surface area contributed by atoms with E-state index in [9.17, 15) is 14.9 Å². The number of benzene rings is 1. The molecule has 0 aliphatic heterocycles. The molecule has 0 saturated heterocycles. The lowest BCUT2D eigenvalue weighted by Crippen LogP contribution is -1.92. The Bertz CT molecular complexity index is 646. The van der Waals surface area contributed by atoms with Crippen LogP contribution >= 0.6 is 11.6 Å². The summed E-state index contributed by atoms with van der Waals surface area (Å²) in [6.07, 6.45) is 4.46. The molecule has 0 unspecified atom stereocenters. The second kappa shape index (κ2) is 5.01. The van der Waals surface area contributed by atoms with Crippen LogP contribution in [0.1, 0.15) is 5.56 Å². The molecule has 0 spiro atoms. The van der Waals surface area contributed by atoms with Crippen LogP contribution in [-0.4, -0.2) is 21.6 Å². The fraction of sp³-hybridized carbons (Fsp3) is 0.0833. The Morgan fingerprint density at radius 2 is 2.28 bits per heavy atom. The first-order valence-electron chi connectivity index (χ1n) is 5.15. The van der Waals surface area contributed by atoms with Gasteiger partial charge in [-0.25, -0.2) is 0 Å². The number of nitrogens with one attached hydrogen (secondary N) is 1. The van der Waals surface area contributed by atoms with Crippen molar-refractivity contribution in [3.63, 3.8) is 0 Å². The number of rotatable bonds is 4. The smallest absolute Gasteiger partial charge is 0.279 e. The van der Waals surface area contributed by atoms with Crippen LogP contribution in [0.4, 0.5) is 5.69 Å². The van der Waals surface area contributed by atoms with Crippen molar-refractivity contribution >= 4 is 40.1 Å². The topological polar surface area (TPSA) is 76.0 Å². The lowest BCUT2D eigenvalue weighted by molar-refractivity contribution is -0.383. The number of alkyl halides is 1. The molecule has 92 valence electrons. The van der Waals surface area contributed by atoms with Crippen molar-refractivity contribution in [3.8, 4) is 0 Å². The first-order valence-corrected chi connectivity index (χ1v) is 5.68. The largest absolute Gasteiger partial charge is 0.360 e. The van der Waals surface area contributed by atoms with Gasteiger partial charge in [0.15, 0.2) is 5.78 Å². The summed E-state index contributed by atoms with van der Waals surface area (Å²) in [5.41, 5.74) is 1.25. The summed E-state index contributed by atoms with van der Waals surface area (Å²) in [6.45, 7) is 0. The molecule has 1 aromatic heterocycles. The number of nitro benzene ring substituents is 1. The van der Waals surface area contributed by atoms with Gasteiger partial charge in [-0.2, -0.15) is 0 Å².